The number of hydrogen-bond acceptors (Lipinski definition) is 26. The van der Waals surface area contributed by atoms with Gasteiger partial charge < -0.3 is 49.0 Å². The molecule has 12 aromatic rings. The van der Waals surface area contributed by atoms with E-state index in [0.717, 1.165) is 33.4 Å². The van der Waals surface area contributed by atoms with Crippen LogP contribution in [0.1, 0.15) is 125 Å². The van der Waals surface area contributed by atoms with Crippen molar-refractivity contribution in [3.05, 3.63) is 269 Å². The molecule has 4 aromatic carbocycles. The van der Waals surface area contributed by atoms with E-state index in [4.69, 9.17) is 34.2 Å². The number of hydrogen-bond donors (Lipinski definition) is 5. The largest absolute Gasteiger partial charge is 0.487 e. The smallest absolute Gasteiger partial charge is 0.309 e. The number of amides is 8. The fraction of sp³-hybridized carbons (Fsp3) is 0.247. The number of terminal acetylenes is 1. The summed E-state index contributed by atoms with van der Waals surface area (Å²) in [6.07, 6.45) is 15.6. The van der Waals surface area contributed by atoms with Crippen molar-refractivity contribution in [1.82, 2.24) is 86.6 Å². The number of aromatic amines is 1. The van der Waals surface area contributed by atoms with Crippen molar-refractivity contribution in [2.24, 2.45) is 0 Å². The lowest BCUT2D eigenvalue weighted by molar-refractivity contribution is -0.123. The Hall–Kier alpha value is -15.9. The lowest BCUT2D eigenvalue weighted by Crippen LogP contribution is -2.55. The Morgan fingerprint density at radius 3 is 1.43 bits per heavy atom. The highest BCUT2D eigenvalue weighted by atomic mass is 16.5. The van der Waals surface area contributed by atoms with Gasteiger partial charge in [-0.15, -0.1) is 31.9 Å². The Labute approximate surface area is 690 Å². The number of carbonyl (C=O) groups is 8. The molecule has 2 saturated carbocycles. The molecule has 36 nitrogen and oxygen atoms in total. The Kier molecular flexibility index (Phi) is 23.2. The van der Waals surface area contributed by atoms with Gasteiger partial charge in [-0.3, -0.25) is 63.1 Å². The third-order valence-electron chi connectivity index (χ3n) is 20.3. The van der Waals surface area contributed by atoms with Crippen molar-refractivity contribution in [3.63, 3.8) is 0 Å². The third-order valence-corrected chi connectivity index (χ3v) is 20.3. The zero-order valence-corrected chi connectivity index (χ0v) is 65.7. The summed E-state index contributed by atoms with van der Waals surface area (Å²) >= 11 is 0. The highest BCUT2D eigenvalue weighted by Gasteiger charge is 2.60. The van der Waals surface area contributed by atoms with Gasteiger partial charge in [0.1, 0.15) is 66.2 Å². The van der Waals surface area contributed by atoms with Crippen LogP contribution in [0.3, 0.4) is 0 Å². The molecule has 0 unspecified atom stereocenters. The van der Waals surface area contributed by atoms with E-state index in [9.17, 15) is 43.6 Å². The van der Waals surface area contributed by atoms with Gasteiger partial charge in [0, 0.05) is 71.0 Å². The van der Waals surface area contributed by atoms with Gasteiger partial charge in [0.15, 0.2) is 52.0 Å². The Morgan fingerprint density at radius 2 is 0.959 bits per heavy atom. The number of nitrogens with zero attached hydrogens (tertiary/aromatic N) is 17. The molecular formula is C85H76N22O14. The molecule has 2 fully saturated rings. The van der Waals surface area contributed by atoms with E-state index < -0.39 is 59.0 Å². The average molecular weight is 1630 g/mol. The number of pyridine rings is 4. The first-order chi connectivity index (χ1) is 58.6. The zero-order chi connectivity index (χ0) is 84.5. The summed E-state index contributed by atoms with van der Waals surface area (Å²) in [7, 11) is 6.38. The number of ether oxygens (including phenoxy) is 4. The zero-order valence-electron chi connectivity index (χ0n) is 65.7. The lowest BCUT2D eigenvalue weighted by Gasteiger charge is -2.25. The van der Waals surface area contributed by atoms with Crippen LogP contribution in [0, 0.1) is 30.6 Å². The van der Waals surface area contributed by atoms with Crippen LogP contribution in [0.5, 0.6) is 23.0 Å². The van der Waals surface area contributed by atoms with Crippen LogP contribution >= 0.6 is 0 Å². The molecule has 610 valence electrons. The van der Waals surface area contributed by atoms with Crippen molar-refractivity contribution in [3.8, 4) is 41.4 Å². The number of fused-ring (bicyclic) bond motifs is 4. The molecule has 8 aromatic heterocycles. The van der Waals surface area contributed by atoms with E-state index in [-0.39, 0.29) is 65.8 Å². The standard InChI is InChI=1S/C22H20N6O3.C21H18N6O3.2C21H19N5O4/c1-14-5-7-15(8-6-14)12-28-16(11-23)10-17(26-28)21(29)25-18-13-31-19-4-3-9-24-20(19)27(2)22(18)30;1-3-13-6-4-7-14(10-13)11-17-24-18(26-25-17)20(28)23-15-12-30-16-8-5-9-22-19(16)27(2)21(15)29;2*1-26-17-14(8-5-11-22-17)30-21(9-10-21)16(20(26)28)23-18(27)19-25-24-15(29-19)12-13-6-3-2-4-7-13/h3-10,18H,12-13H2,1-2H3,(H,25,29);1,4-10,15H,11-12H2,2H3,(H,23,28)(H,24,25,26);2*2-8,11,16H,9-10,12H2,1H3,(H,23,27)/t18-;15-;2*16-/m0010/s1. The molecule has 6 aliphatic rings. The van der Waals surface area contributed by atoms with Crippen molar-refractivity contribution >= 4 is 70.5 Å². The van der Waals surface area contributed by atoms with Gasteiger partial charge in [0.2, 0.25) is 17.6 Å². The molecule has 8 amide bonds. The van der Waals surface area contributed by atoms with Gasteiger partial charge in [-0.2, -0.15) is 10.4 Å². The molecular weight excluding hydrogens is 1550 g/mol. The molecule has 0 saturated heterocycles. The van der Waals surface area contributed by atoms with Gasteiger partial charge in [-0.05, 0) is 116 Å². The van der Waals surface area contributed by atoms with E-state index in [0.29, 0.717) is 115 Å². The summed E-state index contributed by atoms with van der Waals surface area (Å²) in [5, 5.41) is 46.8. The molecule has 36 heteroatoms. The Morgan fingerprint density at radius 1 is 0.504 bits per heavy atom. The maximum atomic E-state index is 13.1. The van der Waals surface area contributed by atoms with E-state index in [1.807, 2.05) is 116 Å². The average Bonchev–Trinajstić information content (AvgIpc) is 1.59. The maximum absolute atomic E-state index is 13.1. The van der Waals surface area contributed by atoms with E-state index in [1.165, 1.54) is 30.3 Å². The summed E-state index contributed by atoms with van der Waals surface area (Å²) in [5.74, 6) is 3.23. The fourth-order valence-corrected chi connectivity index (χ4v) is 13.6. The van der Waals surface area contributed by atoms with Crippen LogP contribution < -0.4 is 59.8 Å². The molecule has 2 spiro atoms. The highest BCUT2D eigenvalue weighted by molar-refractivity contribution is 6.05. The maximum Gasteiger partial charge on any atom is 0.309 e. The predicted octanol–water partition coefficient (Wildman–Crippen LogP) is 6.07. The molecule has 2 aliphatic carbocycles. The minimum Gasteiger partial charge on any atom is -0.487 e. The van der Waals surface area contributed by atoms with Crippen LogP contribution in [0.2, 0.25) is 0 Å². The number of anilines is 4. The predicted molar refractivity (Wildman–Crippen MR) is 430 cm³/mol. The molecule has 121 heavy (non-hydrogen) atoms. The second kappa shape index (κ2) is 34.9. The number of carbonyl (C=O) groups excluding carboxylic acids is 8. The third kappa shape index (κ3) is 18.1. The number of aryl methyl sites for hydroxylation is 1. The second-order valence-corrected chi connectivity index (χ2v) is 28.8. The number of nitriles is 1. The number of aromatic nitrogens is 13. The molecule has 18 rings (SSSR count). The summed E-state index contributed by atoms with van der Waals surface area (Å²) in [4.78, 5) is 129. The monoisotopic (exact) mass is 1630 g/mol. The van der Waals surface area contributed by atoms with E-state index >= 15 is 0 Å². The van der Waals surface area contributed by atoms with Gasteiger partial charge in [0.05, 0.1) is 19.4 Å². The topological polar surface area (TPSA) is 447 Å². The molecule has 12 heterocycles. The van der Waals surface area contributed by atoms with Crippen molar-refractivity contribution in [1.29, 1.82) is 5.26 Å². The summed E-state index contributed by atoms with van der Waals surface area (Å²) in [6.45, 7) is 2.28. The van der Waals surface area contributed by atoms with Gasteiger partial charge in [-0.1, -0.05) is 109 Å². The SMILES string of the molecule is C#Cc1cccc(Cc2nc(C(=O)N[C@H]3COc4cccnc4N(C)C3=O)n[nH]2)c1.CN1C(=O)[C@@H](NC(=O)c2nnc(Cc3ccccc3)o2)C2(CC2)Oc2cccnc21.CN1C(=O)[C@H](NC(=O)c2nnc(Cc3ccccc3)o2)C2(CC2)Oc2cccnc21.Cc1ccc(Cn2nc(C(=O)N[C@H]3COc4cccnc4N(C)C3=O)cc2C#N)cc1. The van der Waals surface area contributed by atoms with Crippen molar-refractivity contribution in [2.75, 3.05) is 61.0 Å². The number of nitrogens with one attached hydrogen (secondary N) is 5. The molecule has 0 bridgehead atoms. The minimum absolute atomic E-state index is 0.0240. The molecule has 5 N–H and O–H groups in total. The molecule has 4 atom stereocenters. The van der Waals surface area contributed by atoms with Crippen molar-refractivity contribution in [2.45, 2.75) is 93.8 Å². The molecule has 0 radical (unpaired) electrons. The van der Waals surface area contributed by atoms with Crippen LogP contribution in [0.4, 0.5) is 23.3 Å². The highest BCUT2D eigenvalue weighted by Crippen LogP contribution is 2.49. The Bertz CT molecular complexity index is 5820. The first kappa shape index (κ1) is 80.3. The van der Waals surface area contributed by atoms with Crippen LogP contribution in [0.15, 0.2) is 197 Å². The summed E-state index contributed by atoms with van der Waals surface area (Å²) in [6, 6.07) is 48.3. The van der Waals surface area contributed by atoms with Gasteiger partial charge in [-0.25, -0.2) is 29.6 Å². The van der Waals surface area contributed by atoms with E-state index in [2.05, 4.69) is 93.9 Å². The van der Waals surface area contributed by atoms with Gasteiger partial charge >= 0.3 is 23.6 Å². The van der Waals surface area contributed by atoms with E-state index in [1.54, 1.807) is 102 Å². The van der Waals surface area contributed by atoms with Crippen LogP contribution in [-0.2, 0) is 45.0 Å². The van der Waals surface area contributed by atoms with Crippen LogP contribution in [-0.4, -0.2) is 189 Å². The Balaban J connectivity index is 0.000000126. The molecule has 4 aliphatic heterocycles. The number of rotatable bonds is 16. The number of H-pyrrole nitrogens is 1. The minimum atomic E-state index is -0.917. The van der Waals surface area contributed by atoms with Crippen molar-refractivity contribution < 1.29 is 66.1 Å². The normalized spacial score (nSPS) is 17.2. The van der Waals surface area contributed by atoms with Gasteiger partial charge in [0.25, 0.3) is 35.4 Å². The summed E-state index contributed by atoms with van der Waals surface area (Å²) in [5.41, 5.74) is 4.49. The first-order valence-corrected chi connectivity index (χ1v) is 38.1. The lowest BCUT2D eigenvalue weighted by atomic mass is 10.1. The number of benzene rings is 4. The first-order valence-electron chi connectivity index (χ1n) is 38.1. The second-order valence-electron chi connectivity index (χ2n) is 28.8. The number of likely N-dealkylation sites (N-methyl/N-ethyl adjacent to an activating group) is 4. The van der Waals surface area contributed by atoms with Crippen LogP contribution in [0.25, 0.3) is 0 Å². The summed E-state index contributed by atoms with van der Waals surface area (Å²) < 4.78 is 36.1. The fourth-order valence-electron chi connectivity index (χ4n) is 13.6. The quantitative estimate of drug-likeness (QED) is 0.0685.